The molecule has 3 aliphatic carbocycles. The molecule has 8 atom stereocenters. The van der Waals surface area contributed by atoms with Crippen molar-refractivity contribution >= 4 is 5.97 Å². The van der Waals surface area contributed by atoms with E-state index in [-0.39, 0.29) is 6.10 Å². The predicted molar refractivity (Wildman–Crippen MR) is 59.4 cm³/mol. The number of hydrogen-bond donors (Lipinski definition) is 2. The SMILES string of the molecule is O=C(OC1CC2CC1C1CC3OC3C21)C(O)CO. The Morgan fingerprint density at radius 3 is 2.94 bits per heavy atom. The molecule has 3 saturated carbocycles. The molecular weight excluding hydrogens is 236 g/mol. The van der Waals surface area contributed by atoms with Gasteiger partial charge in [0.05, 0.1) is 18.8 Å². The Bertz CT molecular complexity index is 384. The molecule has 0 radical (unpaired) electrons. The largest absolute Gasteiger partial charge is 0.460 e. The summed E-state index contributed by atoms with van der Waals surface area (Å²) in [7, 11) is 0. The lowest BCUT2D eigenvalue weighted by Gasteiger charge is -2.32. The van der Waals surface area contributed by atoms with E-state index >= 15 is 0 Å². The molecule has 5 heteroatoms. The summed E-state index contributed by atoms with van der Waals surface area (Å²) in [6.45, 7) is -0.566. The second-order valence-electron chi connectivity index (χ2n) is 6.19. The Labute approximate surface area is 105 Å². The van der Waals surface area contributed by atoms with Crippen molar-refractivity contribution in [2.24, 2.45) is 23.7 Å². The normalized spacial score (nSPS) is 52.9. The lowest BCUT2D eigenvalue weighted by Crippen LogP contribution is -2.37. The van der Waals surface area contributed by atoms with E-state index in [2.05, 4.69) is 0 Å². The van der Waals surface area contributed by atoms with E-state index in [4.69, 9.17) is 14.6 Å². The van der Waals surface area contributed by atoms with Crippen molar-refractivity contribution in [3.63, 3.8) is 0 Å². The molecule has 0 spiro atoms. The van der Waals surface area contributed by atoms with Crippen LogP contribution in [-0.2, 0) is 14.3 Å². The van der Waals surface area contributed by atoms with Gasteiger partial charge in [0.2, 0.25) is 0 Å². The minimum absolute atomic E-state index is 0.0533. The smallest absolute Gasteiger partial charge is 0.337 e. The topological polar surface area (TPSA) is 79.3 Å². The second kappa shape index (κ2) is 3.68. The summed E-state index contributed by atoms with van der Waals surface area (Å²) in [6.07, 6.45) is 2.68. The molecular formula is C13H18O5. The van der Waals surface area contributed by atoms with Crippen molar-refractivity contribution in [1.82, 2.24) is 0 Å². The number of aliphatic hydroxyl groups excluding tert-OH is 2. The standard InChI is InChI=1S/C13H18O5/c14-4-8(15)13(16)18-9-2-5-1-6(9)7-3-10-12(17-10)11(5)7/h5-12,14-15H,1-4H2. The first-order valence-electron chi connectivity index (χ1n) is 6.84. The third-order valence-electron chi connectivity index (χ3n) is 5.39. The Balaban J connectivity index is 1.43. The Morgan fingerprint density at radius 1 is 1.33 bits per heavy atom. The molecule has 4 rings (SSSR count). The Hall–Kier alpha value is -0.650. The lowest BCUT2D eigenvalue weighted by molar-refractivity contribution is -0.165. The number of aliphatic hydroxyl groups is 2. The van der Waals surface area contributed by atoms with Crippen molar-refractivity contribution < 1.29 is 24.5 Å². The maximum Gasteiger partial charge on any atom is 0.337 e. The molecule has 5 nitrogen and oxygen atoms in total. The number of ether oxygens (including phenoxy) is 2. The van der Waals surface area contributed by atoms with Crippen LogP contribution in [0, 0.1) is 23.7 Å². The van der Waals surface area contributed by atoms with E-state index in [0.717, 1.165) is 19.3 Å². The lowest BCUT2D eigenvalue weighted by atomic mass is 9.79. The molecule has 4 fully saturated rings. The minimum atomic E-state index is -1.39. The molecule has 18 heavy (non-hydrogen) atoms. The first-order valence-corrected chi connectivity index (χ1v) is 6.84. The maximum absolute atomic E-state index is 11.5. The van der Waals surface area contributed by atoms with Crippen molar-refractivity contribution in [1.29, 1.82) is 0 Å². The number of epoxide rings is 1. The molecule has 0 aromatic rings. The van der Waals surface area contributed by atoms with Crippen LogP contribution in [0.3, 0.4) is 0 Å². The summed E-state index contributed by atoms with van der Waals surface area (Å²) >= 11 is 0. The predicted octanol–water partition coefficient (Wildman–Crippen LogP) is -0.305. The number of fused-ring (bicyclic) bond motifs is 7. The van der Waals surface area contributed by atoms with Gasteiger partial charge in [-0.2, -0.15) is 0 Å². The van der Waals surface area contributed by atoms with Gasteiger partial charge in [0.25, 0.3) is 0 Å². The van der Waals surface area contributed by atoms with Gasteiger partial charge in [-0.1, -0.05) is 0 Å². The van der Waals surface area contributed by atoms with Gasteiger partial charge in [-0.05, 0) is 42.9 Å². The molecule has 2 bridgehead atoms. The van der Waals surface area contributed by atoms with Gasteiger partial charge >= 0.3 is 5.97 Å². The zero-order valence-corrected chi connectivity index (χ0v) is 10.1. The molecule has 1 aliphatic heterocycles. The number of rotatable bonds is 3. The summed E-state index contributed by atoms with van der Waals surface area (Å²) in [4.78, 5) is 11.5. The average Bonchev–Trinajstić information content (AvgIpc) is 2.77. The van der Waals surface area contributed by atoms with Gasteiger partial charge in [-0.25, -0.2) is 4.79 Å². The second-order valence-corrected chi connectivity index (χ2v) is 6.19. The van der Waals surface area contributed by atoms with Gasteiger partial charge in [0.1, 0.15) is 6.10 Å². The van der Waals surface area contributed by atoms with Crippen LogP contribution in [-0.4, -0.2) is 47.2 Å². The van der Waals surface area contributed by atoms with Crippen LogP contribution < -0.4 is 0 Å². The van der Waals surface area contributed by atoms with Crippen molar-refractivity contribution in [2.75, 3.05) is 6.61 Å². The van der Waals surface area contributed by atoms with Gasteiger partial charge in [-0.15, -0.1) is 0 Å². The van der Waals surface area contributed by atoms with E-state index in [1.165, 1.54) is 0 Å². The van der Waals surface area contributed by atoms with Crippen molar-refractivity contribution in [3.05, 3.63) is 0 Å². The molecule has 0 aromatic heterocycles. The summed E-state index contributed by atoms with van der Waals surface area (Å²) in [6, 6.07) is 0. The van der Waals surface area contributed by atoms with E-state index in [1.807, 2.05) is 0 Å². The highest BCUT2D eigenvalue weighted by Gasteiger charge is 2.67. The molecule has 8 unspecified atom stereocenters. The van der Waals surface area contributed by atoms with E-state index in [0.29, 0.717) is 35.9 Å². The molecule has 1 heterocycles. The molecule has 2 N–H and O–H groups in total. The van der Waals surface area contributed by atoms with Crippen molar-refractivity contribution in [3.8, 4) is 0 Å². The fourth-order valence-electron chi connectivity index (χ4n) is 4.71. The van der Waals surface area contributed by atoms with Gasteiger partial charge < -0.3 is 19.7 Å². The fraction of sp³-hybridized carbons (Fsp3) is 0.923. The van der Waals surface area contributed by atoms with Crippen molar-refractivity contribution in [2.45, 2.75) is 43.7 Å². The first kappa shape index (κ1) is 11.2. The summed E-state index contributed by atoms with van der Waals surface area (Å²) in [5.74, 6) is 1.74. The van der Waals surface area contributed by atoms with E-state index < -0.39 is 18.7 Å². The minimum Gasteiger partial charge on any atom is -0.460 e. The third kappa shape index (κ3) is 1.41. The van der Waals surface area contributed by atoms with Crippen LogP contribution in [0.15, 0.2) is 0 Å². The summed E-state index contributed by atoms with van der Waals surface area (Å²) in [5, 5.41) is 18.0. The molecule has 0 amide bonds. The van der Waals surface area contributed by atoms with Gasteiger partial charge in [0.15, 0.2) is 6.10 Å². The highest BCUT2D eigenvalue weighted by Crippen LogP contribution is 2.64. The molecule has 0 aromatic carbocycles. The molecule has 100 valence electrons. The van der Waals surface area contributed by atoms with Gasteiger partial charge in [-0.3, -0.25) is 0 Å². The van der Waals surface area contributed by atoms with Gasteiger partial charge in [0, 0.05) is 0 Å². The zero-order valence-electron chi connectivity index (χ0n) is 10.1. The monoisotopic (exact) mass is 254 g/mol. The number of carbonyl (C=O) groups excluding carboxylic acids is 1. The van der Waals surface area contributed by atoms with Crippen LogP contribution in [0.2, 0.25) is 0 Å². The zero-order chi connectivity index (χ0) is 12.4. The van der Waals surface area contributed by atoms with Crippen LogP contribution >= 0.6 is 0 Å². The highest BCUT2D eigenvalue weighted by atomic mass is 16.6. The molecule has 1 saturated heterocycles. The fourth-order valence-corrected chi connectivity index (χ4v) is 4.71. The summed E-state index contributed by atoms with van der Waals surface area (Å²) in [5.41, 5.74) is 0. The average molecular weight is 254 g/mol. The molecule has 4 aliphatic rings. The third-order valence-corrected chi connectivity index (χ3v) is 5.39. The number of esters is 1. The van der Waals surface area contributed by atoms with Crippen LogP contribution in [0.5, 0.6) is 0 Å². The highest BCUT2D eigenvalue weighted by molar-refractivity contribution is 5.74. The van der Waals surface area contributed by atoms with Crippen LogP contribution in [0.1, 0.15) is 19.3 Å². The maximum atomic E-state index is 11.5. The van der Waals surface area contributed by atoms with Crippen LogP contribution in [0.25, 0.3) is 0 Å². The Morgan fingerprint density at radius 2 is 2.17 bits per heavy atom. The van der Waals surface area contributed by atoms with E-state index in [9.17, 15) is 9.90 Å². The van der Waals surface area contributed by atoms with E-state index in [1.54, 1.807) is 0 Å². The van der Waals surface area contributed by atoms with Crippen LogP contribution in [0.4, 0.5) is 0 Å². The number of carbonyl (C=O) groups is 1. The Kier molecular flexibility index (Phi) is 2.29. The quantitative estimate of drug-likeness (QED) is 0.534. The summed E-state index contributed by atoms with van der Waals surface area (Å²) < 4.78 is 11.0. The first-order chi connectivity index (χ1) is 8.69. The number of hydrogen-bond acceptors (Lipinski definition) is 5.